The van der Waals surface area contributed by atoms with Crippen LogP contribution < -0.4 is 0 Å². The molecule has 1 atom stereocenters. The number of esters is 1. The zero-order valence-corrected chi connectivity index (χ0v) is 8.09. The second kappa shape index (κ2) is 4.13. The van der Waals surface area contributed by atoms with Crippen molar-refractivity contribution < 1.29 is 14.6 Å². The predicted octanol–water partition coefficient (Wildman–Crippen LogP) is 1.13. The predicted molar refractivity (Wildman–Crippen MR) is 55.1 cm³/mol. The van der Waals surface area contributed by atoms with Gasteiger partial charge in [-0.25, -0.2) is 4.79 Å². The van der Waals surface area contributed by atoms with Crippen LogP contribution in [0, 0.1) is 0 Å². The molecule has 78 valence electrons. The highest BCUT2D eigenvalue weighted by molar-refractivity contribution is 5.86. The maximum absolute atomic E-state index is 11.1. The van der Waals surface area contributed by atoms with Crippen LogP contribution in [0.3, 0.4) is 0 Å². The van der Waals surface area contributed by atoms with Gasteiger partial charge in [0.25, 0.3) is 0 Å². The summed E-state index contributed by atoms with van der Waals surface area (Å²) in [5.74, 6) is -0.130. The van der Waals surface area contributed by atoms with E-state index in [0.717, 1.165) is 0 Å². The molecule has 1 aliphatic heterocycles. The van der Waals surface area contributed by atoms with Crippen molar-refractivity contribution in [3.05, 3.63) is 29.8 Å². The number of carbonyl (C=O) groups excluding carboxylic acids is 1. The Bertz CT molecular complexity index is 401. The highest BCUT2D eigenvalue weighted by Crippen LogP contribution is 2.15. The molecular formula is C11H11NO3. The molecule has 1 aliphatic rings. The van der Waals surface area contributed by atoms with E-state index in [0.29, 0.717) is 18.6 Å². The zero-order valence-electron chi connectivity index (χ0n) is 8.09. The average Bonchev–Trinajstić information content (AvgIpc) is 2.63. The second-order valence-electron chi connectivity index (χ2n) is 3.31. The molecule has 1 fully saturated rings. The highest BCUT2D eigenvalue weighted by Gasteiger charge is 2.24. The van der Waals surface area contributed by atoms with Crippen LogP contribution in [0.4, 0.5) is 0 Å². The van der Waals surface area contributed by atoms with Crippen molar-refractivity contribution in [1.82, 2.24) is 0 Å². The number of carbonyl (C=O) groups is 1. The lowest BCUT2D eigenvalue weighted by Gasteiger charge is -1.99. The molecule has 1 N–H and O–H groups in total. The summed E-state index contributed by atoms with van der Waals surface area (Å²) < 4.78 is 4.77. The van der Waals surface area contributed by atoms with Gasteiger partial charge >= 0.3 is 5.97 Å². The third-order valence-corrected chi connectivity index (χ3v) is 2.24. The fourth-order valence-corrected chi connectivity index (χ4v) is 1.39. The van der Waals surface area contributed by atoms with Gasteiger partial charge < -0.3 is 9.84 Å². The Morgan fingerprint density at radius 2 is 2.27 bits per heavy atom. The molecule has 1 saturated heterocycles. The van der Waals surface area contributed by atoms with Crippen molar-refractivity contribution in [2.45, 2.75) is 12.5 Å². The van der Waals surface area contributed by atoms with E-state index in [-0.39, 0.29) is 11.7 Å². The first-order valence-electron chi connectivity index (χ1n) is 4.75. The van der Waals surface area contributed by atoms with Crippen LogP contribution in [-0.4, -0.2) is 29.9 Å². The van der Waals surface area contributed by atoms with Gasteiger partial charge in [-0.3, -0.25) is 4.99 Å². The molecule has 0 unspecified atom stereocenters. The first-order chi connectivity index (χ1) is 7.27. The summed E-state index contributed by atoms with van der Waals surface area (Å²) in [5, 5.41) is 9.44. The SMILES string of the molecule is O=C1OCC[C@@H]1N=Cc1ccccc1O. The summed E-state index contributed by atoms with van der Waals surface area (Å²) in [6.45, 7) is 0.432. The summed E-state index contributed by atoms with van der Waals surface area (Å²) in [5.41, 5.74) is 0.609. The van der Waals surface area contributed by atoms with Crippen molar-refractivity contribution >= 4 is 12.2 Å². The lowest BCUT2D eigenvalue weighted by atomic mass is 10.2. The number of rotatable bonds is 2. The zero-order chi connectivity index (χ0) is 10.7. The van der Waals surface area contributed by atoms with Crippen molar-refractivity contribution in [3.8, 4) is 5.75 Å². The molecule has 0 spiro atoms. The van der Waals surface area contributed by atoms with Crippen molar-refractivity contribution in [2.24, 2.45) is 4.99 Å². The Morgan fingerprint density at radius 3 is 2.93 bits per heavy atom. The van der Waals surface area contributed by atoms with Gasteiger partial charge in [0.15, 0.2) is 6.04 Å². The third kappa shape index (κ3) is 2.15. The fourth-order valence-electron chi connectivity index (χ4n) is 1.39. The monoisotopic (exact) mass is 205 g/mol. The molecular weight excluding hydrogens is 194 g/mol. The summed E-state index contributed by atoms with van der Waals surface area (Å²) >= 11 is 0. The van der Waals surface area contributed by atoms with Crippen molar-refractivity contribution in [1.29, 1.82) is 0 Å². The third-order valence-electron chi connectivity index (χ3n) is 2.24. The number of phenols is 1. The Balaban J connectivity index is 2.11. The van der Waals surface area contributed by atoms with E-state index >= 15 is 0 Å². The Morgan fingerprint density at radius 1 is 1.47 bits per heavy atom. The molecule has 4 heteroatoms. The van der Waals surface area contributed by atoms with Gasteiger partial charge in [0, 0.05) is 18.2 Å². The van der Waals surface area contributed by atoms with E-state index in [1.54, 1.807) is 24.3 Å². The van der Waals surface area contributed by atoms with Gasteiger partial charge in [0.2, 0.25) is 0 Å². The van der Waals surface area contributed by atoms with Crippen molar-refractivity contribution in [2.75, 3.05) is 6.61 Å². The quantitative estimate of drug-likeness (QED) is 0.581. The Kier molecular flexibility index (Phi) is 2.67. The first kappa shape index (κ1) is 9.71. The molecule has 1 heterocycles. The first-order valence-corrected chi connectivity index (χ1v) is 4.75. The van der Waals surface area contributed by atoms with Gasteiger partial charge in [-0.1, -0.05) is 12.1 Å². The highest BCUT2D eigenvalue weighted by atomic mass is 16.5. The minimum Gasteiger partial charge on any atom is -0.507 e. The molecule has 0 bridgehead atoms. The van der Waals surface area contributed by atoms with E-state index in [9.17, 15) is 9.90 Å². The lowest BCUT2D eigenvalue weighted by molar-refractivity contribution is -0.138. The molecule has 0 aliphatic carbocycles. The van der Waals surface area contributed by atoms with Crippen LogP contribution >= 0.6 is 0 Å². The number of phenolic OH excluding ortho intramolecular Hbond substituents is 1. The Hall–Kier alpha value is -1.84. The normalized spacial score (nSPS) is 20.8. The van der Waals surface area contributed by atoms with Gasteiger partial charge in [-0.15, -0.1) is 0 Å². The number of hydrogen-bond acceptors (Lipinski definition) is 4. The number of benzene rings is 1. The van der Waals surface area contributed by atoms with E-state index in [4.69, 9.17) is 4.74 Å². The van der Waals surface area contributed by atoms with Crippen LogP contribution in [0.25, 0.3) is 0 Å². The maximum Gasteiger partial charge on any atom is 0.330 e. The van der Waals surface area contributed by atoms with Crippen LogP contribution in [0.5, 0.6) is 5.75 Å². The number of ether oxygens (including phenoxy) is 1. The lowest BCUT2D eigenvalue weighted by Crippen LogP contribution is -2.11. The molecule has 0 radical (unpaired) electrons. The molecule has 1 aromatic rings. The minimum atomic E-state index is -0.412. The molecule has 1 aromatic carbocycles. The van der Waals surface area contributed by atoms with Crippen LogP contribution in [0.15, 0.2) is 29.3 Å². The number of hydrogen-bond donors (Lipinski definition) is 1. The molecule has 0 saturated carbocycles. The Labute approximate surface area is 87.2 Å². The molecule has 4 nitrogen and oxygen atoms in total. The average molecular weight is 205 g/mol. The van der Waals surface area contributed by atoms with E-state index in [2.05, 4.69) is 4.99 Å². The maximum atomic E-state index is 11.1. The van der Waals surface area contributed by atoms with E-state index in [1.165, 1.54) is 6.21 Å². The number of aromatic hydroxyl groups is 1. The van der Waals surface area contributed by atoms with E-state index in [1.807, 2.05) is 0 Å². The molecule has 15 heavy (non-hydrogen) atoms. The van der Waals surface area contributed by atoms with Crippen LogP contribution in [0.2, 0.25) is 0 Å². The molecule has 0 aromatic heterocycles. The number of nitrogens with zero attached hydrogens (tertiary/aromatic N) is 1. The number of cyclic esters (lactones) is 1. The standard InChI is InChI=1S/C11H11NO3/c13-10-4-2-1-3-8(10)7-12-9-5-6-15-11(9)14/h1-4,7,9,13H,5-6H2/t9-/m0/s1. The number of aliphatic imine (C=N–C) groups is 1. The smallest absolute Gasteiger partial charge is 0.330 e. The van der Waals surface area contributed by atoms with Gasteiger partial charge in [-0.2, -0.15) is 0 Å². The van der Waals surface area contributed by atoms with Crippen LogP contribution in [-0.2, 0) is 9.53 Å². The van der Waals surface area contributed by atoms with Gasteiger partial charge in [0.05, 0.1) is 6.61 Å². The van der Waals surface area contributed by atoms with Crippen molar-refractivity contribution in [3.63, 3.8) is 0 Å². The molecule has 0 amide bonds. The topological polar surface area (TPSA) is 58.9 Å². The largest absolute Gasteiger partial charge is 0.507 e. The van der Waals surface area contributed by atoms with Crippen LogP contribution in [0.1, 0.15) is 12.0 Å². The van der Waals surface area contributed by atoms with Gasteiger partial charge in [-0.05, 0) is 12.1 Å². The van der Waals surface area contributed by atoms with Gasteiger partial charge in [0.1, 0.15) is 5.75 Å². The van der Waals surface area contributed by atoms with E-state index < -0.39 is 6.04 Å². The summed E-state index contributed by atoms with van der Waals surface area (Å²) in [6.07, 6.45) is 2.12. The summed E-state index contributed by atoms with van der Waals surface area (Å²) in [6, 6.07) is 6.43. The summed E-state index contributed by atoms with van der Waals surface area (Å²) in [7, 11) is 0. The number of para-hydroxylation sites is 1. The fraction of sp³-hybridized carbons (Fsp3) is 0.273. The second-order valence-corrected chi connectivity index (χ2v) is 3.31. The molecule has 2 rings (SSSR count). The summed E-state index contributed by atoms with van der Waals surface area (Å²) in [4.78, 5) is 15.2. The minimum absolute atomic E-state index is 0.160.